The van der Waals surface area contributed by atoms with Gasteiger partial charge >= 0.3 is 0 Å². The van der Waals surface area contributed by atoms with Gasteiger partial charge in [-0.05, 0) is 38.0 Å². The van der Waals surface area contributed by atoms with Crippen LogP contribution >= 0.6 is 0 Å². The number of rotatable bonds is 6. The van der Waals surface area contributed by atoms with E-state index in [0.717, 1.165) is 6.07 Å². The molecule has 0 aromatic heterocycles. The summed E-state index contributed by atoms with van der Waals surface area (Å²) in [7, 11) is 0. The summed E-state index contributed by atoms with van der Waals surface area (Å²) in [6.07, 6.45) is 1.11. The summed E-state index contributed by atoms with van der Waals surface area (Å²) >= 11 is 0. The first-order valence-corrected chi connectivity index (χ1v) is 6.07. The lowest BCUT2D eigenvalue weighted by atomic mass is 9.99. The largest absolute Gasteiger partial charge is 0.490 e. The van der Waals surface area contributed by atoms with Gasteiger partial charge in [-0.25, -0.2) is 4.39 Å². The van der Waals surface area contributed by atoms with Gasteiger partial charge in [-0.1, -0.05) is 13.8 Å². The second kappa shape index (κ2) is 5.96. The topological polar surface area (TPSA) is 46.5 Å². The Labute approximate surface area is 107 Å². The Hall–Kier alpha value is -1.42. The minimum atomic E-state index is -0.914. The molecule has 100 valence electrons. The Morgan fingerprint density at radius 2 is 2.00 bits per heavy atom. The monoisotopic (exact) mass is 254 g/mol. The van der Waals surface area contributed by atoms with Crippen LogP contribution in [0.15, 0.2) is 18.2 Å². The average Bonchev–Trinajstić information content (AvgIpc) is 2.36. The SMILES string of the molecule is CCC(O)(CC)COc1ccc(F)cc1C(C)=O. The van der Waals surface area contributed by atoms with Crippen molar-refractivity contribution in [1.29, 1.82) is 0 Å². The van der Waals surface area contributed by atoms with E-state index in [1.165, 1.54) is 19.1 Å². The van der Waals surface area contributed by atoms with Crippen LogP contribution in [0.25, 0.3) is 0 Å². The molecule has 0 heterocycles. The van der Waals surface area contributed by atoms with Gasteiger partial charge in [0, 0.05) is 0 Å². The summed E-state index contributed by atoms with van der Waals surface area (Å²) in [5.41, 5.74) is -0.716. The minimum absolute atomic E-state index is 0.0892. The van der Waals surface area contributed by atoms with Gasteiger partial charge in [-0.3, -0.25) is 4.79 Å². The van der Waals surface area contributed by atoms with Crippen molar-refractivity contribution in [3.63, 3.8) is 0 Å². The molecule has 1 aromatic carbocycles. The van der Waals surface area contributed by atoms with Crippen LogP contribution in [0.4, 0.5) is 4.39 Å². The fraction of sp³-hybridized carbons (Fsp3) is 0.500. The molecule has 1 N–H and O–H groups in total. The van der Waals surface area contributed by atoms with Gasteiger partial charge in [0.25, 0.3) is 0 Å². The Morgan fingerprint density at radius 3 is 2.50 bits per heavy atom. The molecule has 0 bridgehead atoms. The summed E-state index contributed by atoms with van der Waals surface area (Å²) in [6.45, 7) is 5.17. The molecule has 0 atom stereocenters. The van der Waals surface area contributed by atoms with E-state index >= 15 is 0 Å². The number of aliphatic hydroxyl groups is 1. The quantitative estimate of drug-likeness (QED) is 0.794. The van der Waals surface area contributed by atoms with Crippen molar-refractivity contribution < 1.29 is 19.0 Å². The van der Waals surface area contributed by atoms with Gasteiger partial charge < -0.3 is 9.84 Å². The molecule has 0 fully saturated rings. The molecule has 1 rings (SSSR count). The summed E-state index contributed by atoms with van der Waals surface area (Å²) in [5, 5.41) is 10.1. The lowest BCUT2D eigenvalue weighted by Gasteiger charge is -2.25. The van der Waals surface area contributed by atoms with Crippen molar-refractivity contribution >= 4 is 5.78 Å². The highest BCUT2D eigenvalue weighted by molar-refractivity contribution is 5.96. The molecule has 0 unspecified atom stereocenters. The standard InChI is InChI=1S/C14H19FO3/c1-4-14(17,5-2)9-18-13-7-6-11(15)8-12(13)10(3)16/h6-8,17H,4-5,9H2,1-3H3. The first-order valence-electron chi connectivity index (χ1n) is 6.07. The van der Waals surface area contributed by atoms with Crippen LogP contribution in [0, 0.1) is 5.82 Å². The highest BCUT2D eigenvalue weighted by atomic mass is 19.1. The normalized spacial score (nSPS) is 11.4. The maximum Gasteiger partial charge on any atom is 0.163 e. The second-order valence-corrected chi connectivity index (χ2v) is 4.42. The van der Waals surface area contributed by atoms with Gasteiger partial charge in [0.15, 0.2) is 5.78 Å². The van der Waals surface area contributed by atoms with Gasteiger partial charge in [0.1, 0.15) is 18.2 Å². The highest BCUT2D eigenvalue weighted by Crippen LogP contribution is 2.23. The zero-order valence-corrected chi connectivity index (χ0v) is 11.0. The van der Waals surface area contributed by atoms with E-state index in [0.29, 0.717) is 18.6 Å². The van der Waals surface area contributed by atoms with E-state index in [4.69, 9.17) is 4.74 Å². The number of hydrogen-bond acceptors (Lipinski definition) is 3. The third-order valence-electron chi connectivity index (χ3n) is 3.13. The Morgan fingerprint density at radius 1 is 1.39 bits per heavy atom. The van der Waals surface area contributed by atoms with E-state index in [-0.39, 0.29) is 18.0 Å². The van der Waals surface area contributed by atoms with Gasteiger partial charge in [-0.2, -0.15) is 0 Å². The maximum atomic E-state index is 13.1. The predicted molar refractivity (Wildman–Crippen MR) is 67.4 cm³/mol. The Bertz CT molecular complexity index is 425. The molecule has 0 aliphatic heterocycles. The smallest absolute Gasteiger partial charge is 0.163 e. The fourth-order valence-electron chi connectivity index (χ4n) is 1.57. The van der Waals surface area contributed by atoms with Crippen LogP contribution in [-0.4, -0.2) is 23.1 Å². The third kappa shape index (κ3) is 3.53. The summed E-state index contributed by atoms with van der Waals surface area (Å²) in [5.74, 6) is -0.431. The van der Waals surface area contributed by atoms with Crippen LogP contribution in [0.1, 0.15) is 44.0 Å². The minimum Gasteiger partial charge on any atom is -0.490 e. The first kappa shape index (κ1) is 14.6. The van der Waals surface area contributed by atoms with Crippen molar-refractivity contribution in [3.8, 4) is 5.75 Å². The van der Waals surface area contributed by atoms with Gasteiger partial charge in [0.05, 0.1) is 11.2 Å². The number of hydrogen-bond donors (Lipinski definition) is 1. The second-order valence-electron chi connectivity index (χ2n) is 4.42. The summed E-state index contributed by atoms with van der Waals surface area (Å²) < 4.78 is 18.5. The van der Waals surface area contributed by atoms with Crippen LogP contribution in [0.3, 0.4) is 0 Å². The molecule has 0 saturated heterocycles. The van der Waals surface area contributed by atoms with Crippen LogP contribution in [-0.2, 0) is 0 Å². The number of carbonyl (C=O) groups is 1. The fourth-order valence-corrected chi connectivity index (χ4v) is 1.57. The molecule has 18 heavy (non-hydrogen) atoms. The van der Waals surface area contributed by atoms with Crippen LogP contribution in [0.5, 0.6) is 5.75 Å². The first-order chi connectivity index (χ1) is 8.41. The highest BCUT2D eigenvalue weighted by Gasteiger charge is 2.24. The molecular formula is C14H19FO3. The van der Waals surface area contributed by atoms with Gasteiger partial charge in [0.2, 0.25) is 0 Å². The van der Waals surface area contributed by atoms with E-state index in [2.05, 4.69) is 0 Å². The van der Waals surface area contributed by atoms with E-state index in [9.17, 15) is 14.3 Å². The summed E-state index contributed by atoms with van der Waals surface area (Å²) in [6, 6.07) is 3.80. The Balaban J connectivity index is 2.88. The maximum absolute atomic E-state index is 13.1. The van der Waals surface area contributed by atoms with E-state index in [1.807, 2.05) is 13.8 Å². The number of Topliss-reactive ketones (excluding diaryl/α,β-unsaturated/α-hetero) is 1. The van der Waals surface area contributed by atoms with E-state index < -0.39 is 11.4 Å². The molecule has 0 saturated carbocycles. The van der Waals surface area contributed by atoms with Crippen LogP contribution < -0.4 is 4.74 Å². The number of carbonyl (C=O) groups excluding carboxylic acids is 1. The number of benzene rings is 1. The molecule has 0 spiro atoms. The number of ketones is 1. The van der Waals surface area contributed by atoms with Crippen molar-refractivity contribution in [2.24, 2.45) is 0 Å². The van der Waals surface area contributed by atoms with E-state index in [1.54, 1.807) is 0 Å². The zero-order valence-electron chi connectivity index (χ0n) is 11.0. The molecule has 0 radical (unpaired) electrons. The van der Waals surface area contributed by atoms with Gasteiger partial charge in [-0.15, -0.1) is 0 Å². The van der Waals surface area contributed by atoms with Crippen molar-refractivity contribution in [2.75, 3.05) is 6.61 Å². The molecule has 0 aliphatic carbocycles. The van der Waals surface area contributed by atoms with Crippen molar-refractivity contribution in [2.45, 2.75) is 39.2 Å². The number of halogens is 1. The predicted octanol–water partition coefficient (Wildman–Crippen LogP) is 2.96. The molecule has 3 nitrogen and oxygen atoms in total. The lowest BCUT2D eigenvalue weighted by molar-refractivity contribution is -0.0115. The molecular weight excluding hydrogens is 235 g/mol. The zero-order chi connectivity index (χ0) is 13.8. The lowest BCUT2D eigenvalue weighted by Crippen LogP contribution is -2.34. The van der Waals surface area contributed by atoms with Crippen molar-refractivity contribution in [1.82, 2.24) is 0 Å². The number of ether oxygens (including phenoxy) is 1. The molecule has 0 aliphatic rings. The third-order valence-corrected chi connectivity index (χ3v) is 3.13. The molecule has 1 aromatic rings. The van der Waals surface area contributed by atoms with Crippen LogP contribution in [0.2, 0.25) is 0 Å². The average molecular weight is 254 g/mol. The summed E-state index contributed by atoms with van der Waals surface area (Å²) in [4.78, 5) is 11.4. The Kier molecular flexibility index (Phi) is 4.84. The molecule has 0 amide bonds. The molecule has 4 heteroatoms. The van der Waals surface area contributed by atoms with Crippen molar-refractivity contribution in [3.05, 3.63) is 29.6 Å².